The van der Waals surface area contributed by atoms with Crippen LogP contribution < -0.4 is 21.7 Å². The van der Waals surface area contributed by atoms with Gasteiger partial charge in [0.15, 0.2) is 0 Å². The summed E-state index contributed by atoms with van der Waals surface area (Å²) in [5, 5.41) is 22.8. The van der Waals surface area contributed by atoms with Crippen LogP contribution in [-0.4, -0.2) is 50.9 Å². The summed E-state index contributed by atoms with van der Waals surface area (Å²) in [6.45, 7) is 2.11. The minimum Gasteiger partial charge on any atom is -0.344 e. The van der Waals surface area contributed by atoms with Gasteiger partial charge in [0, 0.05) is 41.8 Å². The molecule has 1 saturated carbocycles. The number of carbonyl (C=O) groups is 3. The zero-order valence-electron chi connectivity index (χ0n) is 24.0. The van der Waals surface area contributed by atoms with Crippen molar-refractivity contribution in [2.24, 2.45) is 17.6 Å². The number of amides is 3. The lowest BCUT2D eigenvalue weighted by Gasteiger charge is -2.28. The number of aromatic nitrogens is 4. The fourth-order valence-electron chi connectivity index (χ4n) is 5.46. The first-order valence-corrected chi connectivity index (χ1v) is 14.5. The summed E-state index contributed by atoms with van der Waals surface area (Å²) in [6, 6.07) is 21.7. The van der Waals surface area contributed by atoms with Crippen molar-refractivity contribution in [2.45, 2.75) is 45.1 Å². The summed E-state index contributed by atoms with van der Waals surface area (Å²) in [7, 11) is 0. The quantitative estimate of drug-likeness (QED) is 0.189. The molecule has 0 spiro atoms. The maximum absolute atomic E-state index is 13.6. The molecule has 3 amide bonds. The number of benzene rings is 3. The second-order valence-corrected chi connectivity index (χ2v) is 10.9. The smallest absolute Gasteiger partial charge is 0.247 e. The van der Waals surface area contributed by atoms with Gasteiger partial charge in [-0.3, -0.25) is 14.4 Å². The number of carbonyl (C=O) groups excluding carboxylic acids is 3. The van der Waals surface area contributed by atoms with Gasteiger partial charge in [0.05, 0.1) is 0 Å². The summed E-state index contributed by atoms with van der Waals surface area (Å²) >= 11 is 0. The highest BCUT2D eigenvalue weighted by Gasteiger charge is 2.29. The van der Waals surface area contributed by atoms with Crippen LogP contribution in [0.1, 0.15) is 38.2 Å². The molecule has 0 radical (unpaired) electrons. The van der Waals surface area contributed by atoms with E-state index < -0.39 is 6.04 Å². The lowest BCUT2D eigenvalue weighted by molar-refractivity contribution is -0.130. The maximum Gasteiger partial charge on any atom is 0.247 e. The van der Waals surface area contributed by atoms with Crippen LogP contribution in [0.15, 0.2) is 72.8 Å². The largest absolute Gasteiger partial charge is 0.344 e. The van der Waals surface area contributed by atoms with Crippen LogP contribution in [0.4, 0.5) is 11.4 Å². The SMILES string of the molecule is CC(=O)Nc1ccccc1-c1ccc(C[C@H](NC(=O)C2CCC(CN)CC2)C(=O)Nc2ccc(-c3nn[nH]n3)cc2)cc1. The van der Waals surface area contributed by atoms with Gasteiger partial charge in [0.2, 0.25) is 23.5 Å². The van der Waals surface area contributed by atoms with Crippen molar-refractivity contribution in [1.82, 2.24) is 25.9 Å². The van der Waals surface area contributed by atoms with E-state index in [4.69, 9.17) is 5.73 Å². The van der Waals surface area contributed by atoms with Crippen LogP contribution in [-0.2, 0) is 20.8 Å². The molecule has 0 unspecified atom stereocenters. The Morgan fingerprint density at radius 2 is 1.60 bits per heavy atom. The van der Waals surface area contributed by atoms with E-state index in [1.165, 1.54) is 6.92 Å². The van der Waals surface area contributed by atoms with Crippen LogP contribution in [0.3, 0.4) is 0 Å². The Labute approximate surface area is 250 Å². The predicted molar refractivity (Wildman–Crippen MR) is 165 cm³/mol. The molecule has 4 aromatic rings. The van der Waals surface area contributed by atoms with Crippen molar-refractivity contribution >= 4 is 29.1 Å². The Balaban J connectivity index is 1.32. The van der Waals surface area contributed by atoms with Crippen LogP contribution in [0, 0.1) is 11.8 Å². The van der Waals surface area contributed by atoms with Gasteiger partial charge in [-0.25, -0.2) is 0 Å². The minimum absolute atomic E-state index is 0.107. The van der Waals surface area contributed by atoms with Crippen LogP contribution in [0.25, 0.3) is 22.5 Å². The third-order valence-electron chi connectivity index (χ3n) is 7.88. The van der Waals surface area contributed by atoms with Crippen molar-refractivity contribution in [3.8, 4) is 22.5 Å². The Kier molecular flexibility index (Phi) is 9.52. The van der Waals surface area contributed by atoms with Gasteiger partial charge in [0.1, 0.15) is 6.04 Å². The zero-order valence-corrected chi connectivity index (χ0v) is 24.0. The number of aromatic amines is 1. The molecule has 11 nitrogen and oxygen atoms in total. The second-order valence-electron chi connectivity index (χ2n) is 10.9. The highest BCUT2D eigenvalue weighted by Crippen LogP contribution is 2.30. The highest BCUT2D eigenvalue weighted by atomic mass is 16.2. The van der Waals surface area contributed by atoms with Crippen molar-refractivity contribution in [1.29, 1.82) is 0 Å². The minimum atomic E-state index is -0.783. The Morgan fingerprint density at radius 1 is 0.907 bits per heavy atom. The fourth-order valence-corrected chi connectivity index (χ4v) is 5.46. The molecule has 3 aromatic carbocycles. The molecule has 11 heteroatoms. The van der Waals surface area contributed by atoms with Gasteiger partial charge in [-0.05, 0) is 84.8 Å². The topological polar surface area (TPSA) is 168 Å². The molecule has 0 aliphatic heterocycles. The van der Waals surface area contributed by atoms with Crippen LogP contribution >= 0.6 is 0 Å². The molecular formula is C32H36N8O3. The summed E-state index contributed by atoms with van der Waals surface area (Å²) in [5.74, 6) is 0.207. The summed E-state index contributed by atoms with van der Waals surface area (Å²) < 4.78 is 0. The van der Waals surface area contributed by atoms with Crippen molar-refractivity contribution < 1.29 is 14.4 Å². The van der Waals surface area contributed by atoms with Gasteiger partial charge in [0.25, 0.3) is 0 Å². The fraction of sp³-hybridized carbons (Fsp3) is 0.312. The normalized spacial score (nSPS) is 17.1. The molecule has 5 rings (SSSR count). The number of hydrogen-bond donors (Lipinski definition) is 5. The molecule has 6 N–H and O–H groups in total. The predicted octanol–water partition coefficient (Wildman–Crippen LogP) is 3.92. The summed E-state index contributed by atoms with van der Waals surface area (Å²) in [6.07, 6.45) is 3.67. The number of rotatable bonds is 10. The summed E-state index contributed by atoms with van der Waals surface area (Å²) in [4.78, 5) is 38.5. The number of tetrazole rings is 1. The highest BCUT2D eigenvalue weighted by molar-refractivity contribution is 5.98. The molecule has 43 heavy (non-hydrogen) atoms. The first kappa shape index (κ1) is 29.6. The lowest BCUT2D eigenvalue weighted by Crippen LogP contribution is -2.48. The average Bonchev–Trinajstić information content (AvgIpc) is 3.57. The number of hydrogen-bond acceptors (Lipinski definition) is 7. The number of nitrogens with two attached hydrogens (primary N) is 1. The number of nitrogens with zero attached hydrogens (tertiary/aromatic N) is 3. The van der Waals surface area contributed by atoms with Gasteiger partial charge < -0.3 is 21.7 Å². The van der Waals surface area contributed by atoms with E-state index in [2.05, 4.69) is 36.6 Å². The van der Waals surface area contributed by atoms with Gasteiger partial charge >= 0.3 is 0 Å². The Hall–Kier alpha value is -4.90. The molecular weight excluding hydrogens is 544 g/mol. The van der Waals surface area contributed by atoms with E-state index in [0.29, 0.717) is 30.4 Å². The van der Waals surface area contributed by atoms with E-state index in [1.807, 2.05) is 48.5 Å². The van der Waals surface area contributed by atoms with Crippen molar-refractivity contribution in [2.75, 3.05) is 17.2 Å². The van der Waals surface area contributed by atoms with Crippen LogP contribution in [0.5, 0.6) is 0 Å². The molecule has 222 valence electrons. The summed E-state index contributed by atoms with van der Waals surface area (Å²) in [5.41, 5.74) is 10.6. The maximum atomic E-state index is 13.6. The number of para-hydroxylation sites is 1. The second kappa shape index (κ2) is 13.8. The van der Waals surface area contributed by atoms with Gasteiger partial charge in [-0.15, -0.1) is 10.2 Å². The standard InChI is InChI=1S/C32H36N8O3/c1-20(41)34-28-5-3-2-4-27(28)23-10-6-21(7-11-23)18-29(36-31(42)25-12-8-22(19-33)9-13-25)32(43)35-26-16-14-24(15-17-26)30-37-39-40-38-30/h2-7,10-11,14-17,22,25,29H,8-9,12-13,18-19,33H2,1H3,(H,34,41)(H,35,43)(H,36,42)(H,37,38,39,40)/t22?,25?,29-/m0/s1. The lowest BCUT2D eigenvalue weighted by atomic mass is 9.81. The molecule has 1 fully saturated rings. The molecule has 0 bridgehead atoms. The molecule has 1 aliphatic carbocycles. The van der Waals surface area contributed by atoms with Crippen molar-refractivity contribution in [3.05, 3.63) is 78.4 Å². The third kappa shape index (κ3) is 7.69. The molecule has 1 heterocycles. The zero-order chi connectivity index (χ0) is 30.2. The van der Waals surface area contributed by atoms with E-state index in [1.54, 1.807) is 24.3 Å². The first-order valence-electron chi connectivity index (χ1n) is 14.5. The molecule has 1 atom stereocenters. The van der Waals surface area contributed by atoms with E-state index in [9.17, 15) is 14.4 Å². The van der Waals surface area contributed by atoms with Crippen molar-refractivity contribution in [3.63, 3.8) is 0 Å². The number of nitrogens with one attached hydrogen (secondary N) is 4. The number of anilines is 2. The van der Waals surface area contributed by atoms with E-state index in [-0.39, 0.29) is 23.6 Å². The monoisotopic (exact) mass is 580 g/mol. The third-order valence-corrected chi connectivity index (χ3v) is 7.88. The average molecular weight is 581 g/mol. The van der Waals surface area contributed by atoms with E-state index >= 15 is 0 Å². The number of H-pyrrole nitrogens is 1. The first-order chi connectivity index (χ1) is 20.9. The molecule has 1 aromatic heterocycles. The van der Waals surface area contributed by atoms with Gasteiger partial charge in [-0.2, -0.15) is 5.21 Å². The van der Waals surface area contributed by atoms with E-state index in [0.717, 1.165) is 53.6 Å². The van der Waals surface area contributed by atoms with Crippen LogP contribution in [0.2, 0.25) is 0 Å². The molecule has 0 saturated heterocycles. The Morgan fingerprint density at radius 3 is 2.26 bits per heavy atom. The molecule has 1 aliphatic rings. The van der Waals surface area contributed by atoms with Gasteiger partial charge in [-0.1, -0.05) is 42.5 Å². The Bertz CT molecular complexity index is 1530.